The van der Waals surface area contributed by atoms with E-state index in [1.807, 2.05) is 0 Å². The Morgan fingerprint density at radius 3 is 2.67 bits per heavy atom. The number of ether oxygens (including phenoxy) is 2. The fourth-order valence-corrected chi connectivity index (χ4v) is 2.91. The summed E-state index contributed by atoms with van der Waals surface area (Å²) in [7, 11) is 0. The van der Waals surface area contributed by atoms with Crippen molar-refractivity contribution in [2.24, 2.45) is 0 Å². The molecule has 0 amide bonds. The van der Waals surface area contributed by atoms with Gasteiger partial charge in [0.2, 0.25) is 0 Å². The zero-order valence-corrected chi connectivity index (χ0v) is 13.3. The van der Waals surface area contributed by atoms with Gasteiger partial charge in [0, 0.05) is 44.6 Å². The van der Waals surface area contributed by atoms with Gasteiger partial charge in [0.1, 0.15) is 17.2 Å². The summed E-state index contributed by atoms with van der Waals surface area (Å²) in [4.78, 5) is 12.6. The molecular formula is C15H17BrF2O3. The van der Waals surface area contributed by atoms with E-state index in [-0.39, 0.29) is 22.2 Å². The molecule has 0 spiro atoms. The monoisotopic (exact) mass is 362 g/mol. The minimum absolute atomic E-state index is 0.143. The Hall–Kier alpha value is -0.850. The van der Waals surface area contributed by atoms with Gasteiger partial charge in [-0.25, -0.2) is 8.78 Å². The molecule has 1 saturated heterocycles. The van der Waals surface area contributed by atoms with E-state index in [1.165, 1.54) is 6.07 Å². The van der Waals surface area contributed by atoms with E-state index in [4.69, 9.17) is 9.47 Å². The van der Waals surface area contributed by atoms with Crippen molar-refractivity contribution in [2.45, 2.75) is 31.8 Å². The second kappa shape index (κ2) is 6.94. The van der Waals surface area contributed by atoms with E-state index in [9.17, 15) is 13.6 Å². The standard InChI is InChI=1S/C15H17BrF2O3/c1-2-21-15(5-7-20-8-6-15)13(19)9-10-12(17)4-3-11(16)14(10)18/h3-4H,2,5-9H2,1H3. The summed E-state index contributed by atoms with van der Waals surface area (Å²) in [5.74, 6) is -1.76. The van der Waals surface area contributed by atoms with Gasteiger partial charge in [0.05, 0.1) is 4.47 Å². The van der Waals surface area contributed by atoms with Crippen LogP contribution in [0.25, 0.3) is 0 Å². The molecule has 6 heteroatoms. The number of Topliss-reactive ketones (excluding diaryl/α,β-unsaturated/α-hetero) is 1. The van der Waals surface area contributed by atoms with Crippen LogP contribution in [-0.2, 0) is 20.7 Å². The average Bonchev–Trinajstić information content (AvgIpc) is 2.48. The molecule has 1 aliphatic heterocycles. The van der Waals surface area contributed by atoms with Crippen molar-refractivity contribution in [1.29, 1.82) is 0 Å². The van der Waals surface area contributed by atoms with Crippen LogP contribution in [0.2, 0.25) is 0 Å². The smallest absolute Gasteiger partial charge is 0.169 e. The molecule has 0 atom stereocenters. The van der Waals surface area contributed by atoms with Gasteiger partial charge < -0.3 is 9.47 Å². The Balaban J connectivity index is 2.25. The van der Waals surface area contributed by atoms with Crippen molar-refractivity contribution in [3.8, 4) is 0 Å². The van der Waals surface area contributed by atoms with Gasteiger partial charge >= 0.3 is 0 Å². The third-order valence-corrected chi connectivity index (χ3v) is 4.32. The number of hydrogen-bond donors (Lipinski definition) is 0. The Labute approximate surface area is 130 Å². The predicted molar refractivity (Wildman–Crippen MR) is 77.2 cm³/mol. The van der Waals surface area contributed by atoms with Gasteiger partial charge in [-0.3, -0.25) is 4.79 Å². The minimum atomic E-state index is -0.992. The van der Waals surface area contributed by atoms with Crippen molar-refractivity contribution in [1.82, 2.24) is 0 Å². The number of carbonyl (C=O) groups excluding carboxylic acids is 1. The molecule has 2 rings (SSSR count). The number of rotatable bonds is 5. The summed E-state index contributed by atoms with van der Waals surface area (Å²) in [6, 6.07) is 2.43. The lowest BCUT2D eigenvalue weighted by Gasteiger charge is -2.35. The normalized spacial score (nSPS) is 17.7. The number of carbonyl (C=O) groups is 1. The molecule has 0 saturated carbocycles. The third-order valence-electron chi connectivity index (χ3n) is 3.71. The molecule has 0 unspecified atom stereocenters. The van der Waals surface area contributed by atoms with Crippen LogP contribution >= 0.6 is 15.9 Å². The molecular weight excluding hydrogens is 346 g/mol. The maximum Gasteiger partial charge on any atom is 0.169 e. The first-order valence-electron chi connectivity index (χ1n) is 6.87. The van der Waals surface area contributed by atoms with E-state index < -0.39 is 17.2 Å². The molecule has 1 fully saturated rings. The second-order valence-electron chi connectivity index (χ2n) is 4.96. The van der Waals surface area contributed by atoms with Gasteiger partial charge in [0.15, 0.2) is 5.78 Å². The third kappa shape index (κ3) is 3.49. The lowest BCUT2D eigenvalue weighted by Crippen LogP contribution is -2.47. The molecule has 1 aromatic rings. The van der Waals surface area contributed by atoms with E-state index in [2.05, 4.69) is 15.9 Å². The van der Waals surface area contributed by atoms with Crippen LogP contribution < -0.4 is 0 Å². The summed E-state index contributed by atoms with van der Waals surface area (Å²) < 4.78 is 38.8. The van der Waals surface area contributed by atoms with Gasteiger partial charge in [0.25, 0.3) is 0 Å². The highest BCUT2D eigenvalue weighted by atomic mass is 79.9. The Morgan fingerprint density at radius 1 is 1.38 bits per heavy atom. The Kier molecular flexibility index (Phi) is 5.46. The van der Waals surface area contributed by atoms with Crippen molar-refractivity contribution >= 4 is 21.7 Å². The summed E-state index contributed by atoms with van der Waals surface area (Å²) in [6.07, 6.45) is 0.505. The molecule has 1 aromatic carbocycles. The molecule has 0 N–H and O–H groups in total. The largest absolute Gasteiger partial charge is 0.381 e. The van der Waals surface area contributed by atoms with Crippen molar-refractivity contribution in [3.05, 3.63) is 33.8 Å². The highest BCUT2D eigenvalue weighted by molar-refractivity contribution is 9.10. The van der Waals surface area contributed by atoms with E-state index in [0.29, 0.717) is 32.7 Å². The molecule has 0 aliphatic carbocycles. The van der Waals surface area contributed by atoms with Crippen LogP contribution in [0.3, 0.4) is 0 Å². The molecule has 1 aliphatic rings. The molecule has 116 valence electrons. The average molecular weight is 363 g/mol. The molecule has 0 aromatic heterocycles. The van der Waals surface area contributed by atoms with Gasteiger partial charge in [-0.2, -0.15) is 0 Å². The zero-order chi connectivity index (χ0) is 15.5. The second-order valence-corrected chi connectivity index (χ2v) is 5.82. The predicted octanol–water partition coefficient (Wildman–Crippen LogP) is 3.42. The van der Waals surface area contributed by atoms with Crippen LogP contribution in [0.15, 0.2) is 16.6 Å². The zero-order valence-electron chi connectivity index (χ0n) is 11.8. The summed E-state index contributed by atoms with van der Waals surface area (Å²) >= 11 is 3.01. The number of benzene rings is 1. The lowest BCUT2D eigenvalue weighted by atomic mass is 9.86. The molecule has 1 heterocycles. The Morgan fingerprint density at radius 2 is 2.05 bits per heavy atom. The summed E-state index contributed by atoms with van der Waals surface area (Å²) in [6.45, 7) is 2.99. The quantitative estimate of drug-likeness (QED) is 0.752. The van der Waals surface area contributed by atoms with Gasteiger partial charge in [-0.1, -0.05) is 0 Å². The van der Waals surface area contributed by atoms with Crippen LogP contribution in [0.5, 0.6) is 0 Å². The fraction of sp³-hybridized carbons (Fsp3) is 0.533. The molecule has 0 bridgehead atoms. The first kappa shape index (κ1) is 16.5. The van der Waals surface area contributed by atoms with E-state index in [1.54, 1.807) is 6.92 Å². The summed E-state index contributed by atoms with van der Waals surface area (Å²) in [5, 5.41) is 0. The Bertz CT molecular complexity index is 522. The first-order valence-corrected chi connectivity index (χ1v) is 7.67. The van der Waals surface area contributed by atoms with Gasteiger partial charge in [-0.05, 0) is 35.0 Å². The fourth-order valence-electron chi connectivity index (χ4n) is 2.53. The topological polar surface area (TPSA) is 35.5 Å². The highest BCUT2D eigenvalue weighted by Gasteiger charge is 2.41. The number of ketones is 1. The molecule has 3 nitrogen and oxygen atoms in total. The molecule has 21 heavy (non-hydrogen) atoms. The van der Waals surface area contributed by atoms with E-state index >= 15 is 0 Å². The lowest BCUT2D eigenvalue weighted by molar-refractivity contribution is -0.156. The van der Waals surface area contributed by atoms with Gasteiger partial charge in [-0.15, -0.1) is 0 Å². The van der Waals surface area contributed by atoms with Crippen LogP contribution in [0, 0.1) is 11.6 Å². The molecule has 0 radical (unpaired) electrons. The summed E-state index contributed by atoms with van der Waals surface area (Å²) in [5.41, 5.74) is -1.21. The number of halogens is 3. The van der Waals surface area contributed by atoms with Crippen LogP contribution in [0.4, 0.5) is 8.78 Å². The van der Waals surface area contributed by atoms with E-state index in [0.717, 1.165) is 6.07 Å². The maximum absolute atomic E-state index is 14.0. The van der Waals surface area contributed by atoms with Crippen molar-refractivity contribution in [3.63, 3.8) is 0 Å². The van der Waals surface area contributed by atoms with Crippen LogP contribution in [-0.4, -0.2) is 31.2 Å². The SMILES string of the molecule is CCOC1(C(=O)Cc2c(F)ccc(Br)c2F)CCOCC1. The van der Waals surface area contributed by atoms with Crippen LogP contribution in [0.1, 0.15) is 25.3 Å². The van der Waals surface area contributed by atoms with Crippen molar-refractivity contribution < 1.29 is 23.0 Å². The van der Waals surface area contributed by atoms with Crippen molar-refractivity contribution in [2.75, 3.05) is 19.8 Å². The number of hydrogen-bond acceptors (Lipinski definition) is 3. The minimum Gasteiger partial charge on any atom is -0.381 e. The maximum atomic E-state index is 14.0. The first-order chi connectivity index (χ1) is 10.00. The highest BCUT2D eigenvalue weighted by Crippen LogP contribution is 2.30.